The minimum atomic E-state index is -1.53. The summed E-state index contributed by atoms with van der Waals surface area (Å²) in [6.45, 7) is 4.60. The number of carboxylic acids is 1. The first-order valence-electron chi connectivity index (χ1n) is 29.3. The van der Waals surface area contributed by atoms with E-state index in [1.165, 1.54) is 38.5 Å². The molecule has 0 aromatic heterocycles. The second-order valence-electron chi connectivity index (χ2n) is 20.2. The van der Waals surface area contributed by atoms with Crippen molar-refractivity contribution in [3.05, 3.63) is 134 Å². The molecule has 9 heteroatoms. The highest BCUT2D eigenvalue weighted by Gasteiger charge is 2.25. The van der Waals surface area contributed by atoms with Crippen LogP contribution in [0, 0.1) is 0 Å². The second kappa shape index (κ2) is 55.7. The van der Waals surface area contributed by atoms with Crippen LogP contribution in [0.3, 0.4) is 0 Å². The van der Waals surface area contributed by atoms with Gasteiger partial charge in [0.1, 0.15) is 13.2 Å². The van der Waals surface area contributed by atoms with Gasteiger partial charge < -0.3 is 28.5 Å². The second-order valence-corrected chi connectivity index (χ2v) is 20.2. The molecule has 2 atom stereocenters. The van der Waals surface area contributed by atoms with Gasteiger partial charge in [0.15, 0.2) is 6.10 Å². The van der Waals surface area contributed by atoms with Gasteiger partial charge in [-0.2, -0.15) is 0 Å². The van der Waals surface area contributed by atoms with Gasteiger partial charge in [-0.25, -0.2) is 4.79 Å². The molecule has 0 aliphatic rings. The van der Waals surface area contributed by atoms with Gasteiger partial charge in [0.25, 0.3) is 6.29 Å². The summed E-state index contributed by atoms with van der Waals surface area (Å²) >= 11 is 0. The van der Waals surface area contributed by atoms with E-state index in [1.807, 2.05) is 21.1 Å². The molecule has 0 aromatic rings. The number of esters is 2. The van der Waals surface area contributed by atoms with Crippen LogP contribution in [0.5, 0.6) is 0 Å². The Kier molecular flexibility index (Phi) is 52.3. The third-order valence-electron chi connectivity index (χ3n) is 11.9. The largest absolute Gasteiger partial charge is 0.477 e. The van der Waals surface area contributed by atoms with E-state index < -0.39 is 24.3 Å². The number of ether oxygens (including phenoxy) is 4. The first-order valence-corrected chi connectivity index (χ1v) is 29.3. The van der Waals surface area contributed by atoms with Crippen molar-refractivity contribution >= 4 is 17.9 Å². The number of likely N-dealkylation sites (N-methyl/N-ethyl adjacent to an activating group) is 1. The molecule has 0 heterocycles. The highest BCUT2D eigenvalue weighted by molar-refractivity contribution is 5.71. The Morgan fingerprint density at radius 3 is 1.07 bits per heavy atom. The lowest BCUT2D eigenvalue weighted by Crippen LogP contribution is -2.40. The van der Waals surface area contributed by atoms with Crippen molar-refractivity contribution in [2.24, 2.45) is 0 Å². The predicted octanol–water partition coefficient (Wildman–Crippen LogP) is 17.5. The lowest BCUT2D eigenvalue weighted by atomic mass is 10.1. The van der Waals surface area contributed by atoms with E-state index in [9.17, 15) is 19.5 Å². The van der Waals surface area contributed by atoms with Crippen LogP contribution in [0.1, 0.15) is 206 Å². The molecule has 1 N–H and O–H groups in total. The molecule has 0 spiro atoms. The summed E-state index contributed by atoms with van der Waals surface area (Å²) < 4.78 is 22.9. The summed E-state index contributed by atoms with van der Waals surface area (Å²) in [4.78, 5) is 37.5. The van der Waals surface area contributed by atoms with Crippen LogP contribution in [0.25, 0.3) is 0 Å². The zero-order valence-electron chi connectivity index (χ0n) is 48.2. The molecule has 9 nitrogen and oxygen atoms in total. The van der Waals surface area contributed by atoms with Gasteiger partial charge in [-0.3, -0.25) is 9.59 Å². The van der Waals surface area contributed by atoms with Crippen molar-refractivity contribution in [2.75, 3.05) is 47.5 Å². The van der Waals surface area contributed by atoms with Gasteiger partial charge in [0.05, 0.1) is 34.4 Å². The van der Waals surface area contributed by atoms with E-state index in [4.69, 9.17) is 18.9 Å². The van der Waals surface area contributed by atoms with Crippen LogP contribution < -0.4 is 0 Å². The van der Waals surface area contributed by atoms with Gasteiger partial charge in [-0.15, -0.1) is 0 Å². The maximum atomic E-state index is 12.9. The monoisotopic (exact) mass is 1040 g/mol. The number of quaternary nitrogens is 1. The predicted molar refractivity (Wildman–Crippen MR) is 317 cm³/mol. The molecule has 75 heavy (non-hydrogen) atoms. The highest BCUT2D eigenvalue weighted by atomic mass is 16.7. The summed E-state index contributed by atoms with van der Waals surface area (Å²) in [5, 5.41) is 9.71. The summed E-state index contributed by atoms with van der Waals surface area (Å²) in [5.74, 6) is -2.05. The van der Waals surface area contributed by atoms with Gasteiger partial charge >= 0.3 is 17.9 Å². The number of carbonyl (C=O) groups is 3. The molecule has 424 valence electrons. The van der Waals surface area contributed by atoms with E-state index >= 15 is 0 Å². The Labute approximate surface area is 459 Å². The molecule has 0 aromatic carbocycles. The number of nitrogens with zero attached hydrogens (tertiary/aromatic N) is 1. The standard InChI is InChI=1S/C66H107NO8/c1-6-8-10-12-14-16-18-20-22-24-26-28-30-31-32-33-35-37-39-41-43-45-47-49-51-53-55-57-64(69)75-62(61-74-66(65(70)71)72-59-58-67(3,4)5)60-73-63(68)56-54-52-50-48-46-44-42-40-38-36-34-29-27-25-23-21-19-17-15-13-11-9-7-2/h8-11,14-17,20-23,26-29,31-32,35,37,41,43,62,66H,6-7,12-13,18-19,24-25,30,33-34,36,38-40,42,44-61H2,1-5H3/p+1/b10-8-,11-9-,16-14-,17-15-,22-20-,23-21-,28-26-,29-27-,32-31-,37-35-,43-41-. The number of rotatable bonds is 52. The molecular weight excluding hydrogens is 935 g/mol. The van der Waals surface area contributed by atoms with E-state index in [-0.39, 0.29) is 38.6 Å². The molecule has 0 aliphatic carbocycles. The number of unbranched alkanes of at least 4 members (excludes halogenated alkanes) is 15. The first kappa shape index (κ1) is 70.4. The molecular formula is C66H108NO8+. The molecule has 0 aliphatic heterocycles. The first-order chi connectivity index (χ1) is 36.6. The van der Waals surface area contributed by atoms with Crippen molar-refractivity contribution in [3.63, 3.8) is 0 Å². The fraction of sp³-hybridized carbons (Fsp3) is 0.621. The Morgan fingerprint density at radius 1 is 0.400 bits per heavy atom. The van der Waals surface area contributed by atoms with E-state index in [2.05, 4.69) is 148 Å². The van der Waals surface area contributed by atoms with Gasteiger partial charge in [-0.1, -0.05) is 218 Å². The SMILES string of the molecule is CC/C=C\C/C=C\C/C=C\C/C=C\C/C=C\C/C=C\C/C=C\CCCCCCCC(=O)OC(COC(=O)CCCCCCCCCCCC/C=C\C/C=C\C/C=C\C/C=C\CC)COC(OCC[N+](C)(C)C)C(=O)O. The number of carboxylic acid groups (broad SMARTS) is 1. The number of hydrogen-bond donors (Lipinski definition) is 1. The van der Waals surface area contributed by atoms with Crippen LogP contribution in [-0.4, -0.2) is 87.4 Å². The summed E-state index contributed by atoms with van der Waals surface area (Å²) in [6.07, 6.45) is 76.6. The van der Waals surface area contributed by atoms with E-state index in [0.29, 0.717) is 17.4 Å². The Balaban J connectivity index is 4.34. The number of allylic oxidation sites excluding steroid dienone is 22. The molecule has 0 bridgehead atoms. The fourth-order valence-corrected chi connectivity index (χ4v) is 7.45. The number of carbonyl (C=O) groups excluding carboxylic acids is 2. The average molecular weight is 1040 g/mol. The third-order valence-corrected chi connectivity index (χ3v) is 11.9. The Morgan fingerprint density at radius 2 is 0.720 bits per heavy atom. The Hall–Kier alpha value is -4.57. The zero-order chi connectivity index (χ0) is 54.8. The molecule has 0 saturated heterocycles. The highest BCUT2D eigenvalue weighted by Crippen LogP contribution is 2.14. The average Bonchev–Trinajstić information content (AvgIpc) is 3.38. The van der Waals surface area contributed by atoms with Crippen LogP contribution in [0.15, 0.2) is 134 Å². The summed E-state index contributed by atoms with van der Waals surface area (Å²) in [5.41, 5.74) is 0. The van der Waals surface area contributed by atoms with E-state index in [1.54, 1.807) is 0 Å². The van der Waals surface area contributed by atoms with Crippen LogP contribution >= 0.6 is 0 Å². The minimum Gasteiger partial charge on any atom is -0.477 e. The quantitative estimate of drug-likeness (QED) is 0.0211. The Bertz CT molecular complexity index is 1690. The minimum absolute atomic E-state index is 0.175. The molecule has 0 radical (unpaired) electrons. The maximum Gasteiger partial charge on any atom is 0.361 e. The zero-order valence-corrected chi connectivity index (χ0v) is 48.2. The van der Waals surface area contributed by atoms with Crippen LogP contribution in [-0.2, 0) is 33.3 Å². The molecule has 0 rings (SSSR count). The van der Waals surface area contributed by atoms with Gasteiger partial charge in [-0.05, 0) is 109 Å². The molecule has 0 fully saturated rings. The normalized spacial score (nSPS) is 13.8. The van der Waals surface area contributed by atoms with Gasteiger partial charge in [0.2, 0.25) is 0 Å². The van der Waals surface area contributed by atoms with E-state index in [0.717, 1.165) is 135 Å². The summed E-state index contributed by atoms with van der Waals surface area (Å²) in [7, 11) is 5.95. The molecule has 0 saturated carbocycles. The van der Waals surface area contributed by atoms with Crippen LogP contribution in [0.2, 0.25) is 0 Å². The fourth-order valence-electron chi connectivity index (χ4n) is 7.45. The van der Waals surface area contributed by atoms with Crippen molar-refractivity contribution in [2.45, 2.75) is 219 Å². The third kappa shape index (κ3) is 57.0. The smallest absolute Gasteiger partial charge is 0.361 e. The van der Waals surface area contributed by atoms with Crippen molar-refractivity contribution in [1.82, 2.24) is 0 Å². The maximum absolute atomic E-state index is 12.9. The molecule has 0 amide bonds. The lowest BCUT2D eigenvalue weighted by molar-refractivity contribution is -0.870. The van der Waals surface area contributed by atoms with Gasteiger partial charge in [0, 0.05) is 12.8 Å². The topological polar surface area (TPSA) is 108 Å². The molecule has 2 unspecified atom stereocenters. The van der Waals surface area contributed by atoms with Crippen LogP contribution in [0.4, 0.5) is 0 Å². The number of aliphatic carboxylic acids is 1. The summed E-state index contributed by atoms with van der Waals surface area (Å²) in [6, 6.07) is 0. The van der Waals surface area contributed by atoms with Crippen molar-refractivity contribution in [3.8, 4) is 0 Å². The number of hydrogen-bond acceptors (Lipinski definition) is 7. The lowest BCUT2D eigenvalue weighted by Gasteiger charge is -2.25. The van der Waals surface area contributed by atoms with Crippen molar-refractivity contribution in [1.29, 1.82) is 0 Å². The van der Waals surface area contributed by atoms with Crippen molar-refractivity contribution < 1.29 is 42.9 Å².